The maximum absolute atomic E-state index is 12.7. The maximum Gasteiger partial charge on any atom is 0.226 e. The number of rotatable bonds is 1. The molecule has 0 radical (unpaired) electrons. The van der Waals surface area contributed by atoms with Crippen LogP contribution in [-0.4, -0.2) is 20.5 Å². The van der Waals surface area contributed by atoms with Crippen molar-refractivity contribution in [3.63, 3.8) is 0 Å². The van der Waals surface area contributed by atoms with Gasteiger partial charge in [-0.3, -0.25) is 4.79 Å². The molecule has 0 fully saturated rings. The number of ketones is 1. The van der Waals surface area contributed by atoms with Crippen molar-refractivity contribution in [3.8, 4) is 0 Å². The molecule has 108 valence electrons. The van der Waals surface area contributed by atoms with E-state index in [1.165, 1.54) is 6.33 Å². The minimum Gasteiger partial charge on any atom is -0.328 e. The Labute approximate surface area is 126 Å². The van der Waals surface area contributed by atoms with Gasteiger partial charge in [0.1, 0.15) is 12.4 Å². The molecule has 0 unspecified atom stereocenters. The number of fused-ring (bicyclic) bond motifs is 1. The van der Waals surface area contributed by atoms with Crippen molar-refractivity contribution in [2.75, 3.05) is 5.32 Å². The number of nitrogens with zero attached hydrogens (tertiary/aromatic N) is 3. The number of thiophene rings is 1. The van der Waals surface area contributed by atoms with Gasteiger partial charge in [-0.25, -0.2) is 4.68 Å². The third-order valence-electron chi connectivity index (χ3n) is 4.09. The first-order chi connectivity index (χ1) is 10.1. The quantitative estimate of drug-likeness (QED) is 0.879. The van der Waals surface area contributed by atoms with Gasteiger partial charge in [-0.15, -0.1) is 11.3 Å². The van der Waals surface area contributed by atoms with E-state index in [0.717, 1.165) is 28.5 Å². The molecule has 21 heavy (non-hydrogen) atoms. The summed E-state index contributed by atoms with van der Waals surface area (Å²) in [6, 6.07) is 3.93. The molecular formula is C15H16N4OS. The van der Waals surface area contributed by atoms with E-state index < -0.39 is 0 Å². The molecule has 1 aliphatic carbocycles. The first-order valence-corrected chi connectivity index (χ1v) is 7.89. The number of carbonyl (C=O) groups is 1. The lowest BCUT2D eigenvalue weighted by Crippen LogP contribution is -2.36. The van der Waals surface area contributed by atoms with Crippen LogP contribution in [0.4, 0.5) is 5.95 Å². The minimum atomic E-state index is -0.137. The van der Waals surface area contributed by atoms with Gasteiger partial charge in [0.15, 0.2) is 5.78 Å². The molecule has 0 saturated heterocycles. The van der Waals surface area contributed by atoms with E-state index in [1.54, 1.807) is 11.3 Å². The van der Waals surface area contributed by atoms with Gasteiger partial charge in [-0.2, -0.15) is 10.1 Å². The van der Waals surface area contributed by atoms with Crippen LogP contribution in [0, 0.1) is 5.41 Å². The summed E-state index contributed by atoms with van der Waals surface area (Å²) in [7, 11) is 0. The standard InChI is InChI=1S/C15H16N4OS/c1-15(2)6-9-12(10(20)7-15)13(11-4-3-5-21-11)19-14(18-9)16-8-17-19/h3-5,8,13H,6-7H2,1-2H3,(H,16,17,18)/t13-/m0/s1. The molecule has 3 heterocycles. The van der Waals surface area contributed by atoms with Gasteiger partial charge in [-0.05, 0) is 23.3 Å². The lowest BCUT2D eigenvalue weighted by molar-refractivity contribution is -0.118. The van der Waals surface area contributed by atoms with Gasteiger partial charge < -0.3 is 5.32 Å². The molecule has 1 atom stereocenters. The monoisotopic (exact) mass is 300 g/mol. The van der Waals surface area contributed by atoms with Crippen LogP contribution >= 0.6 is 11.3 Å². The van der Waals surface area contributed by atoms with Crippen molar-refractivity contribution in [1.82, 2.24) is 14.8 Å². The molecule has 1 aliphatic heterocycles. The van der Waals surface area contributed by atoms with Crippen molar-refractivity contribution in [3.05, 3.63) is 40.0 Å². The second-order valence-corrected chi connectivity index (χ2v) is 7.38. The fourth-order valence-electron chi connectivity index (χ4n) is 3.26. The predicted octanol–water partition coefficient (Wildman–Crippen LogP) is 3.00. The molecule has 0 spiro atoms. The van der Waals surface area contributed by atoms with Crippen LogP contribution in [0.5, 0.6) is 0 Å². The highest BCUT2D eigenvalue weighted by atomic mass is 32.1. The van der Waals surface area contributed by atoms with E-state index in [1.807, 2.05) is 16.1 Å². The summed E-state index contributed by atoms with van der Waals surface area (Å²) >= 11 is 1.65. The van der Waals surface area contributed by atoms with E-state index in [9.17, 15) is 4.79 Å². The summed E-state index contributed by atoms with van der Waals surface area (Å²) in [5.41, 5.74) is 1.86. The molecule has 2 aliphatic rings. The van der Waals surface area contributed by atoms with Gasteiger partial charge >= 0.3 is 0 Å². The van der Waals surface area contributed by atoms with Gasteiger partial charge in [0.05, 0.1) is 0 Å². The zero-order valence-electron chi connectivity index (χ0n) is 12.0. The lowest BCUT2D eigenvalue weighted by Gasteiger charge is -2.37. The zero-order valence-corrected chi connectivity index (χ0v) is 12.8. The first-order valence-electron chi connectivity index (χ1n) is 7.01. The maximum atomic E-state index is 12.7. The summed E-state index contributed by atoms with van der Waals surface area (Å²) in [6.45, 7) is 4.27. The topological polar surface area (TPSA) is 59.8 Å². The van der Waals surface area contributed by atoms with Crippen molar-refractivity contribution in [2.45, 2.75) is 32.7 Å². The number of nitrogens with one attached hydrogen (secondary N) is 1. The summed E-state index contributed by atoms with van der Waals surface area (Å²) < 4.78 is 1.82. The summed E-state index contributed by atoms with van der Waals surface area (Å²) in [5, 5.41) is 9.66. The van der Waals surface area contributed by atoms with E-state index >= 15 is 0 Å². The first kappa shape index (κ1) is 12.8. The number of carbonyl (C=O) groups excluding carboxylic acids is 1. The second-order valence-electron chi connectivity index (χ2n) is 6.40. The number of Topliss-reactive ketones (excluding diaryl/α,β-unsaturated/α-hetero) is 1. The number of aromatic nitrogens is 3. The SMILES string of the molecule is CC1(C)CC(=O)C2=C(C1)Nc1ncnn1[C@H]2c1cccs1. The fourth-order valence-corrected chi connectivity index (χ4v) is 4.08. The number of allylic oxidation sites excluding steroid dienone is 2. The third-order valence-corrected chi connectivity index (χ3v) is 5.01. The lowest BCUT2D eigenvalue weighted by atomic mass is 9.73. The van der Waals surface area contributed by atoms with Crippen LogP contribution in [0.3, 0.4) is 0 Å². The molecule has 0 aromatic carbocycles. The largest absolute Gasteiger partial charge is 0.328 e. The molecule has 1 N–H and O–H groups in total. The van der Waals surface area contributed by atoms with Crippen molar-refractivity contribution in [1.29, 1.82) is 0 Å². The Morgan fingerprint density at radius 1 is 1.43 bits per heavy atom. The van der Waals surface area contributed by atoms with Crippen molar-refractivity contribution >= 4 is 23.1 Å². The Balaban J connectivity index is 1.91. The molecule has 2 aromatic rings. The van der Waals surface area contributed by atoms with Crippen molar-refractivity contribution < 1.29 is 4.79 Å². The average molecular weight is 300 g/mol. The molecule has 2 aromatic heterocycles. The molecule has 4 rings (SSSR count). The van der Waals surface area contributed by atoms with Crippen LogP contribution in [0.2, 0.25) is 0 Å². The van der Waals surface area contributed by atoms with Crippen molar-refractivity contribution in [2.24, 2.45) is 5.41 Å². The minimum absolute atomic E-state index is 0.00882. The number of hydrogen-bond acceptors (Lipinski definition) is 5. The number of hydrogen-bond donors (Lipinski definition) is 1. The van der Waals surface area contributed by atoms with E-state index in [-0.39, 0.29) is 17.2 Å². The molecule has 0 amide bonds. The van der Waals surface area contributed by atoms with E-state index in [2.05, 4.69) is 35.3 Å². The fraction of sp³-hybridized carbons (Fsp3) is 0.400. The number of anilines is 1. The van der Waals surface area contributed by atoms with Gasteiger partial charge in [0.2, 0.25) is 5.95 Å². The molecular weight excluding hydrogens is 284 g/mol. The normalized spacial score (nSPS) is 23.5. The molecule has 6 heteroatoms. The Morgan fingerprint density at radius 2 is 2.29 bits per heavy atom. The predicted molar refractivity (Wildman–Crippen MR) is 81.2 cm³/mol. The third kappa shape index (κ3) is 1.93. The van der Waals surface area contributed by atoms with E-state index in [4.69, 9.17) is 0 Å². The average Bonchev–Trinajstić information content (AvgIpc) is 3.05. The molecule has 0 bridgehead atoms. The zero-order chi connectivity index (χ0) is 14.6. The van der Waals surface area contributed by atoms with Gasteiger partial charge in [0, 0.05) is 22.6 Å². The van der Waals surface area contributed by atoms with Crippen LogP contribution in [-0.2, 0) is 4.79 Å². The highest BCUT2D eigenvalue weighted by Crippen LogP contribution is 2.45. The Kier molecular flexibility index (Phi) is 2.60. The molecule has 0 saturated carbocycles. The summed E-state index contributed by atoms with van der Waals surface area (Å²) in [5.74, 6) is 0.936. The van der Waals surface area contributed by atoms with Gasteiger partial charge in [0.25, 0.3) is 0 Å². The smallest absolute Gasteiger partial charge is 0.226 e. The highest BCUT2D eigenvalue weighted by Gasteiger charge is 2.41. The van der Waals surface area contributed by atoms with Crippen LogP contribution < -0.4 is 5.32 Å². The Bertz CT molecular complexity index is 742. The molecule has 5 nitrogen and oxygen atoms in total. The van der Waals surface area contributed by atoms with Crippen LogP contribution in [0.25, 0.3) is 0 Å². The second kappa shape index (κ2) is 4.27. The Hall–Kier alpha value is -1.95. The van der Waals surface area contributed by atoms with Crippen LogP contribution in [0.1, 0.15) is 37.6 Å². The van der Waals surface area contributed by atoms with Crippen LogP contribution in [0.15, 0.2) is 35.1 Å². The van der Waals surface area contributed by atoms with Gasteiger partial charge in [-0.1, -0.05) is 19.9 Å². The summed E-state index contributed by atoms with van der Waals surface area (Å²) in [4.78, 5) is 18.1. The highest BCUT2D eigenvalue weighted by molar-refractivity contribution is 7.10. The van der Waals surface area contributed by atoms with E-state index in [0.29, 0.717) is 6.42 Å². The Morgan fingerprint density at radius 3 is 3.05 bits per heavy atom. The summed E-state index contributed by atoms with van der Waals surface area (Å²) in [6.07, 6.45) is 2.99.